The fourth-order valence-corrected chi connectivity index (χ4v) is 14.1. The predicted molar refractivity (Wildman–Crippen MR) is 409 cm³/mol. The van der Waals surface area contributed by atoms with Crippen molar-refractivity contribution in [2.75, 3.05) is 39.6 Å². The summed E-state index contributed by atoms with van der Waals surface area (Å²) in [5.41, 5.74) is 0. The van der Waals surface area contributed by atoms with Gasteiger partial charge < -0.3 is 33.8 Å². The van der Waals surface area contributed by atoms with E-state index in [0.717, 1.165) is 102 Å². The van der Waals surface area contributed by atoms with Gasteiger partial charge in [0.05, 0.1) is 26.4 Å². The van der Waals surface area contributed by atoms with Crippen LogP contribution < -0.4 is 0 Å². The van der Waals surface area contributed by atoms with Crippen LogP contribution in [0.5, 0.6) is 0 Å². The molecule has 0 radical (unpaired) electrons. The molecule has 0 bridgehead atoms. The highest BCUT2D eigenvalue weighted by Gasteiger charge is 2.30. The zero-order chi connectivity index (χ0) is 73.4. The van der Waals surface area contributed by atoms with Crippen molar-refractivity contribution in [1.82, 2.24) is 0 Å². The van der Waals surface area contributed by atoms with E-state index in [0.29, 0.717) is 25.7 Å². The summed E-state index contributed by atoms with van der Waals surface area (Å²) in [6.45, 7) is 7.28. The van der Waals surface area contributed by atoms with Crippen LogP contribution in [-0.4, -0.2) is 96.7 Å². The molecule has 19 heteroatoms. The number of esters is 4. The minimum absolute atomic E-state index is 0.106. The number of aliphatic hydroxyl groups is 1. The van der Waals surface area contributed by atoms with Gasteiger partial charge in [0.1, 0.15) is 19.3 Å². The molecule has 0 saturated carbocycles. The Labute approximate surface area is 613 Å². The van der Waals surface area contributed by atoms with E-state index in [1.54, 1.807) is 0 Å². The predicted octanol–water partition coefficient (Wildman–Crippen LogP) is 24.4. The minimum atomic E-state index is -4.96. The third-order valence-corrected chi connectivity index (χ3v) is 21.3. The summed E-state index contributed by atoms with van der Waals surface area (Å²) < 4.78 is 68.7. The lowest BCUT2D eigenvalue weighted by Crippen LogP contribution is -2.30. The van der Waals surface area contributed by atoms with Crippen LogP contribution in [-0.2, 0) is 65.4 Å². The van der Waals surface area contributed by atoms with E-state index in [1.165, 1.54) is 250 Å². The lowest BCUT2D eigenvalue weighted by Gasteiger charge is -2.21. The summed E-state index contributed by atoms with van der Waals surface area (Å²) in [6.07, 6.45) is 65.4. The maximum atomic E-state index is 13.1. The fraction of sp³-hybridized carbons (Fsp3) is 0.951. The van der Waals surface area contributed by atoms with Gasteiger partial charge in [0.15, 0.2) is 12.2 Å². The van der Waals surface area contributed by atoms with Crippen LogP contribution >= 0.6 is 15.6 Å². The Balaban J connectivity index is 5.19. The van der Waals surface area contributed by atoms with Gasteiger partial charge in [0.2, 0.25) is 0 Å². The van der Waals surface area contributed by atoms with Crippen LogP contribution in [0, 0.1) is 5.92 Å². The maximum Gasteiger partial charge on any atom is 0.472 e. The largest absolute Gasteiger partial charge is 0.472 e. The normalized spacial score (nSPS) is 14.1. The second-order valence-electron chi connectivity index (χ2n) is 29.4. The molecule has 0 rings (SSSR count). The van der Waals surface area contributed by atoms with Gasteiger partial charge in [-0.2, -0.15) is 0 Å². The minimum Gasteiger partial charge on any atom is -0.462 e. The van der Waals surface area contributed by atoms with Gasteiger partial charge in [-0.1, -0.05) is 381 Å². The quantitative estimate of drug-likeness (QED) is 0.0222. The van der Waals surface area contributed by atoms with Crippen molar-refractivity contribution < 1.29 is 80.2 Å². The molecule has 0 spiro atoms. The summed E-state index contributed by atoms with van der Waals surface area (Å²) in [5.74, 6) is -1.38. The molecule has 0 aliphatic rings. The molecule has 100 heavy (non-hydrogen) atoms. The van der Waals surface area contributed by atoms with E-state index in [4.69, 9.17) is 37.0 Å². The molecule has 0 aliphatic carbocycles. The number of phosphoric acid groups is 2. The molecular formula is C81H158O17P2. The highest BCUT2D eigenvalue weighted by Crippen LogP contribution is 2.45. The van der Waals surface area contributed by atoms with Gasteiger partial charge in [-0.3, -0.25) is 37.3 Å². The molecule has 594 valence electrons. The van der Waals surface area contributed by atoms with E-state index in [9.17, 15) is 43.2 Å². The number of ether oxygens (including phenoxy) is 4. The maximum absolute atomic E-state index is 13.1. The first kappa shape index (κ1) is 98.1. The van der Waals surface area contributed by atoms with E-state index < -0.39 is 97.5 Å². The number of hydrogen-bond acceptors (Lipinski definition) is 15. The summed E-state index contributed by atoms with van der Waals surface area (Å²) in [4.78, 5) is 72.9. The molecule has 0 aromatic heterocycles. The Morgan fingerprint density at radius 1 is 0.280 bits per heavy atom. The van der Waals surface area contributed by atoms with Crippen LogP contribution in [0.3, 0.4) is 0 Å². The van der Waals surface area contributed by atoms with Gasteiger partial charge in [0.25, 0.3) is 0 Å². The molecule has 17 nitrogen and oxygen atoms in total. The standard InChI is InChI=1S/C81H158O17P2/c1-6-10-13-16-19-22-25-27-29-31-32-33-34-35-37-39-41-44-47-50-57-62-67-81(86)97-76(70-91-78(83)64-59-54-48-45-43-40-38-36-30-28-26-23-20-17-14-11-7-2)72-95-99(87,88)93-68-75(82)69-94-100(89,90)96-73-77(71-92-79(84)65-60-55-52-51-53-58-63-74(5)9-4)98-80(85)66-61-56-49-46-42-24-21-18-15-12-8-3/h74-77,82H,6-73H2,1-5H3,(H,87,88)(H,89,90)/t74?,75-,76-,77-/m1/s1. The summed E-state index contributed by atoms with van der Waals surface area (Å²) in [5, 5.41) is 10.6. The average Bonchev–Trinajstić information content (AvgIpc) is 0.954. The lowest BCUT2D eigenvalue weighted by molar-refractivity contribution is -0.161. The van der Waals surface area contributed by atoms with Gasteiger partial charge in [-0.15, -0.1) is 0 Å². The Kier molecular flexibility index (Phi) is 72.5. The third-order valence-electron chi connectivity index (χ3n) is 19.4. The van der Waals surface area contributed by atoms with Crippen LogP contribution in [0.2, 0.25) is 0 Å². The zero-order valence-corrected chi connectivity index (χ0v) is 67.1. The van der Waals surface area contributed by atoms with E-state index in [1.807, 2.05) is 0 Å². The molecule has 0 aliphatic heterocycles. The molecule has 0 fully saturated rings. The molecule has 0 heterocycles. The number of rotatable bonds is 81. The smallest absolute Gasteiger partial charge is 0.462 e. The Morgan fingerprint density at radius 3 is 0.710 bits per heavy atom. The highest BCUT2D eigenvalue weighted by molar-refractivity contribution is 7.47. The Hall–Kier alpha value is -1.94. The monoisotopic (exact) mass is 1470 g/mol. The van der Waals surface area contributed by atoms with Gasteiger partial charge >= 0.3 is 39.5 Å². The van der Waals surface area contributed by atoms with Crippen molar-refractivity contribution in [3.8, 4) is 0 Å². The topological polar surface area (TPSA) is 237 Å². The summed E-state index contributed by atoms with van der Waals surface area (Å²) in [7, 11) is -9.92. The Bertz CT molecular complexity index is 1910. The van der Waals surface area contributed by atoms with Crippen LogP contribution in [0.4, 0.5) is 0 Å². The van der Waals surface area contributed by atoms with E-state index in [-0.39, 0.29) is 25.7 Å². The SMILES string of the molecule is CCCCCCCCCCCCCCCCCCCCCCCCC(=O)O[C@H](COC(=O)CCCCCCCCCCCCCCCCCCC)COP(=O)(O)OC[C@@H](O)COP(=O)(O)OC[C@@H](COC(=O)CCCCCCCCC(C)CC)OC(=O)CCCCCCCCCCCCC. The second-order valence-corrected chi connectivity index (χ2v) is 32.3. The molecule has 0 saturated heterocycles. The van der Waals surface area contributed by atoms with Crippen molar-refractivity contribution in [3.63, 3.8) is 0 Å². The van der Waals surface area contributed by atoms with Crippen LogP contribution in [0.15, 0.2) is 0 Å². The van der Waals surface area contributed by atoms with Gasteiger partial charge in [0, 0.05) is 25.7 Å². The lowest BCUT2D eigenvalue weighted by atomic mass is 10.00. The van der Waals surface area contributed by atoms with Crippen molar-refractivity contribution in [3.05, 3.63) is 0 Å². The molecular weight excluding hydrogens is 1310 g/mol. The first-order valence-corrected chi connectivity index (χ1v) is 45.2. The zero-order valence-electron chi connectivity index (χ0n) is 65.3. The fourth-order valence-electron chi connectivity index (χ4n) is 12.6. The highest BCUT2D eigenvalue weighted by atomic mass is 31.2. The van der Waals surface area contributed by atoms with Crippen molar-refractivity contribution in [2.45, 2.75) is 451 Å². The molecule has 3 unspecified atom stereocenters. The molecule has 3 N–H and O–H groups in total. The summed E-state index contributed by atoms with van der Waals surface area (Å²) >= 11 is 0. The van der Waals surface area contributed by atoms with E-state index in [2.05, 4.69) is 34.6 Å². The summed E-state index contributed by atoms with van der Waals surface area (Å²) in [6, 6.07) is 0. The third kappa shape index (κ3) is 73.0. The number of aliphatic hydroxyl groups excluding tert-OH is 1. The number of carbonyl (C=O) groups is 4. The van der Waals surface area contributed by atoms with Gasteiger partial charge in [-0.25, -0.2) is 9.13 Å². The first-order chi connectivity index (χ1) is 48.6. The number of hydrogen-bond donors (Lipinski definition) is 3. The average molecular weight is 1470 g/mol. The van der Waals surface area contributed by atoms with Crippen LogP contribution in [0.1, 0.15) is 433 Å². The first-order valence-electron chi connectivity index (χ1n) is 42.2. The van der Waals surface area contributed by atoms with E-state index >= 15 is 0 Å². The van der Waals surface area contributed by atoms with Gasteiger partial charge in [-0.05, 0) is 31.6 Å². The van der Waals surface area contributed by atoms with Crippen molar-refractivity contribution in [2.24, 2.45) is 5.92 Å². The molecule has 6 atom stereocenters. The number of carbonyl (C=O) groups excluding carboxylic acids is 4. The van der Waals surface area contributed by atoms with Crippen molar-refractivity contribution >= 4 is 39.5 Å². The molecule has 0 amide bonds. The number of unbranched alkanes of at least 4 members (excludes halogenated alkanes) is 52. The molecule has 0 aromatic carbocycles. The Morgan fingerprint density at radius 2 is 0.480 bits per heavy atom. The van der Waals surface area contributed by atoms with Crippen LogP contribution in [0.25, 0.3) is 0 Å². The number of phosphoric ester groups is 2. The second kappa shape index (κ2) is 73.9. The molecule has 0 aromatic rings. The van der Waals surface area contributed by atoms with Crippen molar-refractivity contribution in [1.29, 1.82) is 0 Å².